The normalized spacial score (nSPS) is 13.9. The minimum atomic E-state index is -0.176. The van der Waals surface area contributed by atoms with Crippen molar-refractivity contribution in [1.29, 1.82) is 5.41 Å². The maximum atomic E-state index is 12.3. The molecule has 0 unspecified atom stereocenters. The van der Waals surface area contributed by atoms with Gasteiger partial charge in [0.25, 0.3) is 5.56 Å². The van der Waals surface area contributed by atoms with Crippen molar-refractivity contribution in [2.24, 2.45) is 0 Å². The number of allylic oxidation sites excluding steroid dienone is 1. The molecule has 1 aromatic carbocycles. The first-order valence-corrected chi connectivity index (χ1v) is 11.5. The Bertz CT molecular complexity index is 1310. The van der Waals surface area contributed by atoms with Crippen LogP contribution in [0.3, 0.4) is 0 Å². The van der Waals surface area contributed by atoms with Crippen molar-refractivity contribution in [2.75, 3.05) is 20.1 Å². The van der Waals surface area contributed by atoms with Crippen LogP contribution in [-0.4, -0.2) is 56.3 Å². The van der Waals surface area contributed by atoms with Crippen molar-refractivity contribution < 1.29 is 9.90 Å². The SMILES string of the molecule is CNCc1ccc(C(=N)/C=C(\O)c2cncc(-c3ccc(=O)n(CCN4CCCC4=O)c3)n2)cc1. The molecule has 9 heteroatoms. The molecule has 1 aliphatic rings. The van der Waals surface area contributed by atoms with Crippen LogP contribution in [0.15, 0.2) is 65.9 Å². The van der Waals surface area contributed by atoms with Crippen LogP contribution in [0.25, 0.3) is 17.0 Å². The first-order chi connectivity index (χ1) is 16.9. The molecule has 0 saturated carbocycles. The van der Waals surface area contributed by atoms with E-state index in [1.54, 1.807) is 27.9 Å². The number of aliphatic hydroxyl groups excluding tert-OH is 1. The van der Waals surface area contributed by atoms with E-state index in [4.69, 9.17) is 5.41 Å². The Kier molecular flexibility index (Phi) is 7.47. The summed E-state index contributed by atoms with van der Waals surface area (Å²) in [6, 6.07) is 10.6. The van der Waals surface area contributed by atoms with Crippen molar-refractivity contribution in [2.45, 2.75) is 25.9 Å². The topological polar surface area (TPSA) is 124 Å². The molecule has 4 rings (SSSR count). The molecule has 1 fully saturated rings. The van der Waals surface area contributed by atoms with Gasteiger partial charge in [0, 0.05) is 56.5 Å². The van der Waals surface area contributed by atoms with E-state index in [2.05, 4.69) is 15.3 Å². The number of likely N-dealkylation sites (tertiary alicyclic amines) is 1. The standard InChI is InChI=1S/C26H28N6O3/c1-28-14-18-4-6-19(7-5-18)21(27)13-24(33)23-16-29-15-22(30-23)20-8-9-26(35)32(17-20)12-11-31-10-2-3-25(31)34/h4-9,13,15-17,27-28,33H,2-3,10-12,14H2,1H3/b24-13-,27-21?. The Morgan fingerprint density at radius 3 is 2.66 bits per heavy atom. The first kappa shape index (κ1) is 24.0. The van der Waals surface area contributed by atoms with Gasteiger partial charge in [-0.2, -0.15) is 0 Å². The second-order valence-corrected chi connectivity index (χ2v) is 8.39. The highest BCUT2D eigenvalue weighted by Gasteiger charge is 2.19. The highest BCUT2D eigenvalue weighted by atomic mass is 16.3. The zero-order valence-corrected chi connectivity index (χ0v) is 19.6. The lowest BCUT2D eigenvalue weighted by Gasteiger charge is -2.16. The van der Waals surface area contributed by atoms with Gasteiger partial charge in [-0.25, -0.2) is 4.98 Å². The average Bonchev–Trinajstić information content (AvgIpc) is 3.28. The number of hydrogen-bond donors (Lipinski definition) is 3. The molecule has 0 atom stereocenters. The lowest BCUT2D eigenvalue weighted by atomic mass is 10.1. The fraction of sp³-hybridized carbons (Fsp3) is 0.269. The second-order valence-electron chi connectivity index (χ2n) is 8.39. The van der Waals surface area contributed by atoms with Crippen molar-refractivity contribution >= 4 is 17.4 Å². The van der Waals surface area contributed by atoms with E-state index in [0.29, 0.717) is 36.3 Å². The van der Waals surface area contributed by atoms with Crippen LogP contribution >= 0.6 is 0 Å². The minimum Gasteiger partial charge on any atom is -0.506 e. The Labute approximate surface area is 203 Å². The van der Waals surface area contributed by atoms with Gasteiger partial charge in [0.2, 0.25) is 5.91 Å². The summed E-state index contributed by atoms with van der Waals surface area (Å²) < 4.78 is 1.55. The molecule has 1 aliphatic heterocycles. The maximum absolute atomic E-state index is 12.3. The third-order valence-corrected chi connectivity index (χ3v) is 5.89. The third-order valence-electron chi connectivity index (χ3n) is 5.89. The predicted molar refractivity (Wildman–Crippen MR) is 134 cm³/mol. The lowest BCUT2D eigenvalue weighted by Crippen LogP contribution is -2.31. The summed E-state index contributed by atoms with van der Waals surface area (Å²) in [5.74, 6) is -0.0565. The first-order valence-electron chi connectivity index (χ1n) is 11.5. The van der Waals surface area contributed by atoms with E-state index in [1.165, 1.54) is 18.3 Å². The Hall–Kier alpha value is -4.11. The number of hydrogen-bond acceptors (Lipinski definition) is 7. The van der Waals surface area contributed by atoms with E-state index >= 15 is 0 Å². The molecule has 0 spiro atoms. The van der Waals surface area contributed by atoms with Crippen molar-refractivity contribution in [1.82, 2.24) is 24.8 Å². The summed E-state index contributed by atoms with van der Waals surface area (Å²) in [4.78, 5) is 34.6. The number of carbonyl (C=O) groups excluding carboxylic acids is 1. The number of amides is 1. The smallest absolute Gasteiger partial charge is 0.250 e. The minimum absolute atomic E-state index is 0.120. The molecule has 0 aliphatic carbocycles. The molecule has 1 saturated heterocycles. The summed E-state index contributed by atoms with van der Waals surface area (Å²) in [6.07, 6.45) is 7.42. The van der Waals surface area contributed by atoms with E-state index in [1.807, 2.05) is 31.3 Å². The van der Waals surface area contributed by atoms with E-state index < -0.39 is 0 Å². The van der Waals surface area contributed by atoms with Gasteiger partial charge in [0.15, 0.2) is 0 Å². The third kappa shape index (κ3) is 5.88. The summed E-state index contributed by atoms with van der Waals surface area (Å²) >= 11 is 0. The van der Waals surface area contributed by atoms with Crippen LogP contribution in [0.5, 0.6) is 0 Å². The van der Waals surface area contributed by atoms with Crippen molar-refractivity contribution in [3.05, 3.63) is 88.2 Å². The molecule has 3 N–H and O–H groups in total. The van der Waals surface area contributed by atoms with Crippen LogP contribution < -0.4 is 10.9 Å². The summed E-state index contributed by atoms with van der Waals surface area (Å²) in [6.45, 7) is 2.33. The lowest BCUT2D eigenvalue weighted by molar-refractivity contribution is -0.127. The van der Waals surface area contributed by atoms with Gasteiger partial charge >= 0.3 is 0 Å². The van der Waals surface area contributed by atoms with Gasteiger partial charge in [-0.3, -0.25) is 14.6 Å². The zero-order valence-electron chi connectivity index (χ0n) is 19.6. The van der Waals surface area contributed by atoms with Gasteiger partial charge in [0.1, 0.15) is 11.5 Å². The molecule has 3 heterocycles. The number of carbonyl (C=O) groups is 1. The zero-order chi connectivity index (χ0) is 24.8. The number of rotatable bonds is 9. The largest absolute Gasteiger partial charge is 0.506 e. The fourth-order valence-electron chi connectivity index (χ4n) is 3.96. The number of benzene rings is 1. The van der Waals surface area contributed by atoms with Crippen molar-refractivity contribution in [3.8, 4) is 11.3 Å². The number of pyridine rings is 1. The van der Waals surface area contributed by atoms with Crippen molar-refractivity contribution in [3.63, 3.8) is 0 Å². The molecule has 35 heavy (non-hydrogen) atoms. The average molecular weight is 473 g/mol. The van der Waals surface area contributed by atoms with Gasteiger partial charge in [-0.05, 0) is 30.7 Å². The Balaban J connectivity index is 1.51. The predicted octanol–water partition coefficient (Wildman–Crippen LogP) is 2.61. The van der Waals surface area contributed by atoms with Gasteiger partial charge < -0.3 is 25.3 Å². The number of nitrogens with one attached hydrogen (secondary N) is 2. The quantitative estimate of drug-likeness (QED) is 0.325. The van der Waals surface area contributed by atoms with Crippen LogP contribution in [0.2, 0.25) is 0 Å². The molecule has 3 aromatic rings. The highest BCUT2D eigenvalue weighted by Crippen LogP contribution is 2.18. The van der Waals surface area contributed by atoms with Crippen LogP contribution in [0, 0.1) is 5.41 Å². The molecule has 9 nitrogen and oxygen atoms in total. The Morgan fingerprint density at radius 2 is 1.94 bits per heavy atom. The summed E-state index contributed by atoms with van der Waals surface area (Å²) in [5, 5.41) is 22.0. The number of aromatic nitrogens is 3. The van der Waals surface area contributed by atoms with Gasteiger partial charge in [-0.1, -0.05) is 24.3 Å². The molecule has 1 amide bonds. The molecule has 180 valence electrons. The molecule has 2 aromatic heterocycles. The Morgan fingerprint density at radius 1 is 1.14 bits per heavy atom. The maximum Gasteiger partial charge on any atom is 0.250 e. The molecular formula is C26H28N6O3. The molecule has 0 bridgehead atoms. The van der Waals surface area contributed by atoms with E-state index in [0.717, 1.165) is 25.1 Å². The summed E-state index contributed by atoms with van der Waals surface area (Å²) in [7, 11) is 1.87. The van der Waals surface area contributed by atoms with Gasteiger partial charge in [0.05, 0.1) is 23.8 Å². The molecular weight excluding hydrogens is 444 g/mol. The van der Waals surface area contributed by atoms with Crippen LogP contribution in [-0.2, 0) is 17.9 Å². The molecule has 0 radical (unpaired) electrons. The van der Waals surface area contributed by atoms with Gasteiger partial charge in [-0.15, -0.1) is 0 Å². The second kappa shape index (κ2) is 10.9. The fourth-order valence-corrected chi connectivity index (χ4v) is 3.96. The van der Waals surface area contributed by atoms with E-state index in [-0.39, 0.29) is 28.6 Å². The van der Waals surface area contributed by atoms with Crippen LogP contribution in [0.4, 0.5) is 0 Å². The monoisotopic (exact) mass is 472 g/mol. The van der Waals surface area contributed by atoms with Crippen LogP contribution in [0.1, 0.15) is 29.7 Å². The number of aliphatic hydroxyl groups is 1. The van der Waals surface area contributed by atoms with E-state index in [9.17, 15) is 14.7 Å². The summed E-state index contributed by atoms with van der Waals surface area (Å²) in [5.41, 5.74) is 3.12. The number of nitrogens with zero attached hydrogens (tertiary/aromatic N) is 4. The highest BCUT2D eigenvalue weighted by molar-refractivity contribution is 6.09.